The molecule has 0 aliphatic carbocycles. The molecule has 0 unspecified atom stereocenters. The van der Waals surface area contributed by atoms with E-state index in [1.165, 1.54) is 23.1 Å². The van der Waals surface area contributed by atoms with Gasteiger partial charge < -0.3 is 19.0 Å². The zero-order valence-electron chi connectivity index (χ0n) is 19.4. The van der Waals surface area contributed by atoms with E-state index in [0.29, 0.717) is 12.4 Å². The van der Waals surface area contributed by atoms with Gasteiger partial charge in [0.15, 0.2) is 0 Å². The number of amides is 2. The largest absolute Gasteiger partial charge is 0.464 e. The van der Waals surface area contributed by atoms with E-state index in [1.54, 1.807) is 30.2 Å². The van der Waals surface area contributed by atoms with E-state index < -0.39 is 0 Å². The molecule has 3 aromatic rings. The number of methoxy groups -OCH3 is 1. The van der Waals surface area contributed by atoms with Crippen LogP contribution in [0.25, 0.3) is 6.08 Å². The Kier molecular flexibility index (Phi) is 9.17. The van der Waals surface area contributed by atoms with Crippen molar-refractivity contribution < 1.29 is 23.1 Å². The van der Waals surface area contributed by atoms with Gasteiger partial charge in [-0.1, -0.05) is 42.5 Å². The van der Waals surface area contributed by atoms with Crippen LogP contribution in [-0.2, 0) is 27.4 Å². The van der Waals surface area contributed by atoms with Crippen molar-refractivity contribution in [2.24, 2.45) is 0 Å². The highest BCUT2D eigenvalue weighted by Gasteiger charge is 2.21. The quantitative estimate of drug-likeness (QED) is 0.394. The number of carbonyl (C=O) groups is 2. The lowest BCUT2D eigenvalue weighted by Crippen LogP contribution is -2.43. The zero-order valence-corrected chi connectivity index (χ0v) is 19.4. The molecule has 2 aromatic carbocycles. The standard InChI is InChI=1S/C27H29FN2O4/c1-21-8-14-25(34-21)19-30(18-23-9-12-24(28)13-10-23)27(32)20-29(16-17-33-2)26(31)15-11-22-6-4-3-5-7-22/h3-15H,16-20H2,1-2H3. The van der Waals surface area contributed by atoms with Gasteiger partial charge in [-0.15, -0.1) is 0 Å². The number of carbonyl (C=O) groups excluding carboxylic acids is 2. The highest BCUT2D eigenvalue weighted by atomic mass is 19.1. The predicted molar refractivity (Wildman–Crippen MR) is 128 cm³/mol. The van der Waals surface area contributed by atoms with Crippen molar-refractivity contribution in [2.45, 2.75) is 20.0 Å². The fraction of sp³-hybridized carbons (Fsp3) is 0.259. The maximum atomic E-state index is 13.3. The number of furan rings is 1. The SMILES string of the molecule is COCCN(CC(=O)N(Cc1ccc(F)cc1)Cc1ccc(C)o1)C(=O)C=Cc1ccccc1. The Morgan fingerprint density at radius 2 is 1.71 bits per heavy atom. The minimum absolute atomic E-state index is 0.123. The first-order valence-corrected chi connectivity index (χ1v) is 11.0. The fourth-order valence-corrected chi connectivity index (χ4v) is 3.37. The number of hydrogen-bond donors (Lipinski definition) is 0. The highest BCUT2D eigenvalue weighted by molar-refractivity contribution is 5.94. The molecule has 2 amide bonds. The number of aryl methyl sites for hydroxylation is 1. The summed E-state index contributed by atoms with van der Waals surface area (Å²) < 4.78 is 24.1. The maximum Gasteiger partial charge on any atom is 0.247 e. The van der Waals surface area contributed by atoms with Gasteiger partial charge in [0.05, 0.1) is 13.2 Å². The summed E-state index contributed by atoms with van der Waals surface area (Å²) in [6, 6.07) is 19.1. The summed E-state index contributed by atoms with van der Waals surface area (Å²) in [6.07, 6.45) is 3.17. The van der Waals surface area contributed by atoms with Crippen molar-refractivity contribution >= 4 is 17.9 Å². The molecule has 3 rings (SSSR count). The average molecular weight is 465 g/mol. The summed E-state index contributed by atoms with van der Waals surface area (Å²) in [6.45, 7) is 2.77. The van der Waals surface area contributed by atoms with Crippen molar-refractivity contribution in [1.82, 2.24) is 9.80 Å². The van der Waals surface area contributed by atoms with Crippen molar-refractivity contribution in [3.63, 3.8) is 0 Å². The minimum atomic E-state index is -0.343. The van der Waals surface area contributed by atoms with Gasteiger partial charge in [-0.2, -0.15) is 0 Å². The molecule has 0 spiro atoms. The Morgan fingerprint density at radius 1 is 0.971 bits per heavy atom. The Labute approximate surface area is 199 Å². The van der Waals surface area contributed by atoms with Crippen LogP contribution in [0.3, 0.4) is 0 Å². The Morgan fingerprint density at radius 3 is 2.35 bits per heavy atom. The molecular weight excluding hydrogens is 435 g/mol. The fourth-order valence-electron chi connectivity index (χ4n) is 3.37. The summed E-state index contributed by atoms with van der Waals surface area (Å²) in [5.41, 5.74) is 1.66. The van der Waals surface area contributed by atoms with E-state index in [0.717, 1.165) is 16.9 Å². The van der Waals surface area contributed by atoms with Gasteiger partial charge in [0.25, 0.3) is 0 Å². The lowest BCUT2D eigenvalue weighted by molar-refractivity contribution is -0.139. The number of halogens is 1. The molecule has 178 valence electrons. The molecule has 0 saturated carbocycles. The van der Waals surface area contributed by atoms with E-state index in [9.17, 15) is 14.0 Å². The number of hydrogen-bond acceptors (Lipinski definition) is 4. The average Bonchev–Trinajstić information content (AvgIpc) is 3.26. The van der Waals surface area contributed by atoms with Crippen LogP contribution in [0.1, 0.15) is 22.6 Å². The molecule has 0 atom stereocenters. The second-order valence-electron chi connectivity index (χ2n) is 7.89. The highest BCUT2D eigenvalue weighted by Crippen LogP contribution is 2.14. The molecule has 0 radical (unpaired) electrons. The van der Waals surface area contributed by atoms with Crippen LogP contribution in [0.5, 0.6) is 0 Å². The predicted octanol–water partition coefficient (Wildman–Crippen LogP) is 4.44. The number of nitrogens with zero attached hydrogens (tertiary/aromatic N) is 2. The monoisotopic (exact) mass is 464 g/mol. The number of rotatable bonds is 11. The van der Waals surface area contributed by atoms with Gasteiger partial charge in [-0.05, 0) is 48.4 Å². The molecule has 34 heavy (non-hydrogen) atoms. The Bertz CT molecular complexity index is 1090. The van der Waals surface area contributed by atoms with Crippen molar-refractivity contribution in [3.8, 4) is 0 Å². The molecule has 0 bridgehead atoms. The summed E-state index contributed by atoms with van der Waals surface area (Å²) in [5.74, 6) is 0.490. The van der Waals surface area contributed by atoms with Crippen LogP contribution in [0.15, 0.2) is 77.2 Å². The van der Waals surface area contributed by atoms with Crippen LogP contribution in [0, 0.1) is 12.7 Å². The van der Waals surface area contributed by atoms with E-state index in [-0.39, 0.29) is 43.8 Å². The van der Waals surface area contributed by atoms with E-state index in [1.807, 2.05) is 49.4 Å². The molecule has 0 saturated heterocycles. The maximum absolute atomic E-state index is 13.3. The first kappa shape index (κ1) is 24.9. The van der Waals surface area contributed by atoms with Crippen LogP contribution in [-0.4, -0.2) is 48.4 Å². The van der Waals surface area contributed by atoms with Crippen LogP contribution >= 0.6 is 0 Å². The molecule has 0 aliphatic rings. The summed E-state index contributed by atoms with van der Waals surface area (Å²) in [5, 5.41) is 0. The van der Waals surface area contributed by atoms with Gasteiger partial charge in [-0.3, -0.25) is 9.59 Å². The summed E-state index contributed by atoms with van der Waals surface area (Å²) in [7, 11) is 1.55. The van der Waals surface area contributed by atoms with E-state index >= 15 is 0 Å². The first-order chi connectivity index (χ1) is 16.4. The summed E-state index contributed by atoms with van der Waals surface area (Å²) in [4.78, 5) is 29.3. The molecule has 0 fully saturated rings. The second-order valence-corrected chi connectivity index (χ2v) is 7.89. The van der Waals surface area contributed by atoms with Gasteiger partial charge in [-0.25, -0.2) is 4.39 Å². The molecule has 1 heterocycles. The molecule has 0 N–H and O–H groups in total. The third-order valence-electron chi connectivity index (χ3n) is 5.20. The zero-order chi connectivity index (χ0) is 24.3. The first-order valence-electron chi connectivity index (χ1n) is 11.0. The minimum Gasteiger partial charge on any atom is -0.464 e. The number of benzene rings is 2. The van der Waals surface area contributed by atoms with Crippen molar-refractivity contribution in [3.05, 3.63) is 101 Å². The van der Waals surface area contributed by atoms with Crippen molar-refractivity contribution in [1.29, 1.82) is 0 Å². The molecule has 0 aliphatic heterocycles. The lowest BCUT2D eigenvalue weighted by Gasteiger charge is -2.26. The third kappa shape index (κ3) is 7.71. The van der Waals surface area contributed by atoms with E-state index in [2.05, 4.69) is 0 Å². The topological polar surface area (TPSA) is 63.0 Å². The second kappa shape index (κ2) is 12.5. The van der Waals surface area contributed by atoms with Gasteiger partial charge in [0, 0.05) is 26.3 Å². The molecule has 6 nitrogen and oxygen atoms in total. The van der Waals surface area contributed by atoms with Crippen molar-refractivity contribution in [2.75, 3.05) is 26.8 Å². The van der Waals surface area contributed by atoms with Crippen LogP contribution in [0.2, 0.25) is 0 Å². The third-order valence-corrected chi connectivity index (χ3v) is 5.20. The Balaban J connectivity index is 1.75. The summed E-state index contributed by atoms with van der Waals surface area (Å²) >= 11 is 0. The molecular formula is C27H29FN2O4. The molecule has 7 heteroatoms. The van der Waals surface area contributed by atoms with Crippen LogP contribution < -0.4 is 0 Å². The normalized spacial score (nSPS) is 11.0. The van der Waals surface area contributed by atoms with Gasteiger partial charge in [0.1, 0.15) is 23.9 Å². The van der Waals surface area contributed by atoms with E-state index in [4.69, 9.17) is 9.15 Å². The lowest BCUT2D eigenvalue weighted by atomic mass is 10.2. The van der Waals surface area contributed by atoms with Crippen LogP contribution in [0.4, 0.5) is 4.39 Å². The smallest absolute Gasteiger partial charge is 0.247 e. The number of ether oxygens (including phenoxy) is 1. The van der Waals surface area contributed by atoms with Gasteiger partial charge in [0.2, 0.25) is 11.8 Å². The molecule has 1 aromatic heterocycles. The Hall–Kier alpha value is -3.71. The van der Waals surface area contributed by atoms with Gasteiger partial charge >= 0.3 is 0 Å².